The number of sulfonamides is 2. The standard InChI is InChI=1S/C31H36N4O12S2/c1-32-14-16-33(17-15-32)29(36)21-47-28-18-22(34(19-30(37)38)48(41,42)25-9-5-23(45-2)6-10-25)4-13-27(28)35(20-31(39)40)49(43,44)26-11-7-24(46-3)8-12-26/h4-13,18H,14-17,19-21H2,1-3H3,(H,37,38)(H,39,40). The van der Waals surface area contributed by atoms with Gasteiger partial charge in [-0.15, -0.1) is 0 Å². The number of amides is 1. The van der Waals surface area contributed by atoms with Gasteiger partial charge >= 0.3 is 11.9 Å². The summed E-state index contributed by atoms with van der Waals surface area (Å²) < 4.78 is 72.4. The predicted octanol–water partition coefficient (Wildman–Crippen LogP) is 1.42. The predicted molar refractivity (Wildman–Crippen MR) is 176 cm³/mol. The molecule has 1 saturated heterocycles. The summed E-state index contributed by atoms with van der Waals surface area (Å²) in [6, 6.07) is 13.6. The first-order valence-electron chi connectivity index (χ1n) is 14.7. The maximum absolute atomic E-state index is 13.9. The van der Waals surface area contributed by atoms with Crippen LogP contribution in [0.2, 0.25) is 0 Å². The second-order valence-electron chi connectivity index (χ2n) is 10.8. The number of hydrogen-bond donors (Lipinski definition) is 2. The second-order valence-corrected chi connectivity index (χ2v) is 14.5. The number of benzene rings is 3. The highest BCUT2D eigenvalue weighted by atomic mass is 32.2. The van der Waals surface area contributed by atoms with E-state index in [9.17, 15) is 41.4 Å². The molecule has 0 unspecified atom stereocenters. The SMILES string of the molecule is COc1ccc(S(=O)(=O)N(CC(=O)O)c2ccc(N(CC(=O)O)S(=O)(=O)c3ccc(OC)cc3)c(OCC(=O)N3CCN(C)CC3)c2)cc1. The molecule has 1 aliphatic rings. The number of likely N-dealkylation sites (N-methyl/N-ethyl adjacent to an activating group) is 1. The molecule has 1 heterocycles. The number of carbonyl (C=O) groups is 3. The summed E-state index contributed by atoms with van der Waals surface area (Å²) in [6.45, 7) is -0.744. The number of anilines is 2. The zero-order valence-corrected chi connectivity index (χ0v) is 28.5. The molecule has 49 heavy (non-hydrogen) atoms. The van der Waals surface area contributed by atoms with E-state index >= 15 is 0 Å². The Kier molecular flexibility index (Phi) is 11.6. The average molecular weight is 721 g/mol. The number of ether oxygens (including phenoxy) is 3. The van der Waals surface area contributed by atoms with E-state index in [0.717, 1.165) is 18.2 Å². The van der Waals surface area contributed by atoms with E-state index in [1.54, 1.807) is 0 Å². The molecule has 16 nitrogen and oxygen atoms in total. The first-order valence-corrected chi connectivity index (χ1v) is 17.6. The van der Waals surface area contributed by atoms with Gasteiger partial charge in [0.05, 0.1) is 35.4 Å². The van der Waals surface area contributed by atoms with Crippen LogP contribution in [0.15, 0.2) is 76.5 Å². The third-order valence-electron chi connectivity index (χ3n) is 7.56. The van der Waals surface area contributed by atoms with Crippen molar-refractivity contribution in [2.24, 2.45) is 0 Å². The summed E-state index contributed by atoms with van der Waals surface area (Å²) in [4.78, 5) is 40.0. The maximum atomic E-state index is 13.9. The Hall–Kier alpha value is -5.07. The molecule has 2 N–H and O–H groups in total. The number of carboxylic acids is 2. The number of carbonyl (C=O) groups excluding carboxylic acids is 1. The molecule has 1 amide bonds. The van der Waals surface area contributed by atoms with Crippen LogP contribution in [-0.2, 0) is 34.4 Å². The number of nitrogens with zero attached hydrogens (tertiary/aromatic N) is 4. The van der Waals surface area contributed by atoms with Gasteiger partial charge in [-0.3, -0.25) is 23.0 Å². The monoisotopic (exact) mass is 720 g/mol. The third kappa shape index (κ3) is 8.70. The van der Waals surface area contributed by atoms with Gasteiger partial charge in [-0.05, 0) is 67.7 Å². The minimum absolute atomic E-state index is 0.263. The summed E-state index contributed by atoms with van der Waals surface area (Å²) in [5.74, 6) is -3.20. The quantitative estimate of drug-likeness (QED) is 0.229. The van der Waals surface area contributed by atoms with Crippen LogP contribution in [0, 0.1) is 0 Å². The lowest BCUT2D eigenvalue weighted by Crippen LogP contribution is -2.48. The summed E-state index contributed by atoms with van der Waals surface area (Å²) >= 11 is 0. The molecule has 3 aromatic rings. The summed E-state index contributed by atoms with van der Waals surface area (Å²) in [5.41, 5.74) is -0.605. The van der Waals surface area contributed by atoms with Crippen LogP contribution in [0.25, 0.3) is 0 Å². The highest BCUT2D eigenvalue weighted by Gasteiger charge is 2.33. The molecule has 0 aromatic heterocycles. The average Bonchev–Trinajstić information content (AvgIpc) is 3.08. The molecule has 0 aliphatic carbocycles. The molecular weight excluding hydrogens is 684 g/mol. The van der Waals surface area contributed by atoms with Crippen LogP contribution in [-0.4, -0.2) is 122 Å². The smallest absolute Gasteiger partial charge is 0.324 e. The summed E-state index contributed by atoms with van der Waals surface area (Å²) in [7, 11) is -4.49. The van der Waals surface area contributed by atoms with E-state index in [4.69, 9.17) is 14.2 Å². The van der Waals surface area contributed by atoms with E-state index in [2.05, 4.69) is 0 Å². The minimum Gasteiger partial charge on any atom is -0.497 e. The number of aliphatic carboxylic acids is 2. The zero-order chi connectivity index (χ0) is 35.9. The van der Waals surface area contributed by atoms with E-state index in [0.29, 0.717) is 46.3 Å². The number of methoxy groups -OCH3 is 2. The van der Waals surface area contributed by atoms with Gasteiger partial charge in [0.25, 0.3) is 26.0 Å². The normalized spacial score (nSPS) is 13.7. The van der Waals surface area contributed by atoms with Crippen LogP contribution in [0.3, 0.4) is 0 Å². The van der Waals surface area contributed by atoms with Gasteiger partial charge < -0.3 is 34.2 Å². The molecule has 0 atom stereocenters. The summed E-state index contributed by atoms with van der Waals surface area (Å²) in [5, 5.41) is 19.4. The van der Waals surface area contributed by atoms with Gasteiger partial charge in [0.1, 0.15) is 30.3 Å². The van der Waals surface area contributed by atoms with Crippen molar-refractivity contribution in [2.45, 2.75) is 9.79 Å². The Morgan fingerprint density at radius 2 is 1.18 bits per heavy atom. The molecule has 18 heteroatoms. The maximum Gasteiger partial charge on any atom is 0.324 e. The number of carboxylic acid groups (broad SMARTS) is 2. The van der Waals surface area contributed by atoms with Gasteiger partial charge in [0.2, 0.25) is 0 Å². The Balaban J connectivity index is 1.84. The van der Waals surface area contributed by atoms with Crippen molar-refractivity contribution in [3.05, 3.63) is 66.7 Å². The van der Waals surface area contributed by atoms with Crippen molar-refractivity contribution in [1.29, 1.82) is 0 Å². The fraction of sp³-hybridized carbons (Fsp3) is 0.323. The minimum atomic E-state index is -4.61. The van der Waals surface area contributed by atoms with Crippen LogP contribution >= 0.6 is 0 Å². The van der Waals surface area contributed by atoms with Crippen molar-refractivity contribution >= 4 is 49.3 Å². The lowest BCUT2D eigenvalue weighted by Gasteiger charge is -2.32. The van der Waals surface area contributed by atoms with E-state index in [1.807, 2.05) is 11.9 Å². The topological polar surface area (TPSA) is 201 Å². The summed E-state index contributed by atoms with van der Waals surface area (Å²) in [6.07, 6.45) is 0. The van der Waals surface area contributed by atoms with Gasteiger partial charge in [0, 0.05) is 32.2 Å². The lowest BCUT2D eigenvalue weighted by atomic mass is 10.2. The second kappa shape index (κ2) is 15.4. The molecule has 0 spiro atoms. The van der Waals surface area contributed by atoms with Crippen molar-refractivity contribution in [1.82, 2.24) is 9.80 Å². The van der Waals surface area contributed by atoms with Gasteiger partial charge in [0.15, 0.2) is 6.61 Å². The van der Waals surface area contributed by atoms with Gasteiger partial charge in [-0.25, -0.2) is 16.8 Å². The van der Waals surface area contributed by atoms with Crippen LogP contribution in [0.1, 0.15) is 0 Å². The number of hydrogen-bond acceptors (Lipinski definition) is 11. The Morgan fingerprint density at radius 1 is 0.714 bits per heavy atom. The first kappa shape index (κ1) is 36.8. The highest BCUT2D eigenvalue weighted by Crippen LogP contribution is 2.38. The Labute approximate surface area is 283 Å². The van der Waals surface area contributed by atoms with Crippen molar-refractivity contribution in [3.8, 4) is 17.2 Å². The molecule has 1 fully saturated rings. The zero-order valence-electron chi connectivity index (χ0n) is 26.9. The van der Waals surface area contributed by atoms with Crippen molar-refractivity contribution < 1.29 is 55.6 Å². The largest absolute Gasteiger partial charge is 0.497 e. The lowest BCUT2D eigenvalue weighted by molar-refractivity contribution is -0.136. The molecule has 3 aromatic carbocycles. The van der Waals surface area contributed by atoms with E-state index in [1.165, 1.54) is 67.7 Å². The highest BCUT2D eigenvalue weighted by molar-refractivity contribution is 7.93. The van der Waals surface area contributed by atoms with Crippen LogP contribution in [0.5, 0.6) is 17.2 Å². The van der Waals surface area contributed by atoms with Crippen LogP contribution in [0.4, 0.5) is 11.4 Å². The molecule has 4 rings (SSSR count). The molecular formula is C31H36N4O12S2. The number of rotatable bonds is 15. The molecule has 264 valence electrons. The molecule has 0 bridgehead atoms. The van der Waals surface area contributed by atoms with Crippen molar-refractivity contribution in [2.75, 3.05) is 75.8 Å². The fourth-order valence-electron chi connectivity index (χ4n) is 4.88. The Morgan fingerprint density at radius 3 is 1.65 bits per heavy atom. The fourth-order valence-corrected chi connectivity index (χ4v) is 7.71. The van der Waals surface area contributed by atoms with Gasteiger partial charge in [-0.1, -0.05) is 0 Å². The van der Waals surface area contributed by atoms with Crippen LogP contribution < -0.4 is 22.8 Å². The molecule has 0 radical (unpaired) electrons. The van der Waals surface area contributed by atoms with Gasteiger partial charge in [-0.2, -0.15) is 0 Å². The van der Waals surface area contributed by atoms with E-state index < -0.39 is 63.3 Å². The first-order chi connectivity index (χ1) is 23.2. The Bertz CT molecular complexity index is 1880. The van der Waals surface area contributed by atoms with Crippen molar-refractivity contribution in [3.63, 3.8) is 0 Å². The third-order valence-corrected chi connectivity index (χ3v) is 11.1. The van der Waals surface area contributed by atoms with E-state index in [-0.39, 0.29) is 21.2 Å². The molecule has 0 saturated carbocycles. The number of piperazine rings is 1. The molecule has 1 aliphatic heterocycles.